The zero-order chi connectivity index (χ0) is 22.0. The van der Waals surface area contributed by atoms with Gasteiger partial charge in [0.15, 0.2) is 5.13 Å². The number of amides is 1. The van der Waals surface area contributed by atoms with Crippen LogP contribution in [0.3, 0.4) is 0 Å². The highest BCUT2D eigenvalue weighted by molar-refractivity contribution is 7.19. The number of nitro groups is 1. The summed E-state index contributed by atoms with van der Waals surface area (Å²) in [6, 6.07) is 20.7. The lowest BCUT2D eigenvalue weighted by atomic mass is 10.1. The van der Waals surface area contributed by atoms with Crippen LogP contribution in [0.1, 0.15) is 15.9 Å². The molecule has 0 radical (unpaired) electrons. The molecule has 0 aliphatic carbocycles. The maximum absolute atomic E-state index is 12.6. The lowest BCUT2D eigenvalue weighted by Crippen LogP contribution is -2.11. The largest absolute Gasteiger partial charge is 0.298 e. The van der Waals surface area contributed by atoms with E-state index >= 15 is 0 Å². The van der Waals surface area contributed by atoms with E-state index in [0.29, 0.717) is 27.0 Å². The van der Waals surface area contributed by atoms with Gasteiger partial charge in [0.1, 0.15) is 0 Å². The van der Waals surface area contributed by atoms with Crippen molar-refractivity contribution in [2.24, 2.45) is 0 Å². The minimum Gasteiger partial charge on any atom is -0.298 e. The zero-order valence-corrected chi connectivity index (χ0v) is 17.9. The monoisotopic (exact) mass is 449 g/mol. The second kappa shape index (κ2) is 8.67. The number of non-ortho nitro benzene ring substituents is 1. The second-order valence-electron chi connectivity index (χ2n) is 6.83. The standard InChI is InChI=1S/C23H16ClN3O3S/c1-14-2-4-17(5-3-14)22(28)26-23-25-20(15-8-12-19(13-9-15)27(29)30)21(31-23)16-6-10-18(24)11-7-16/h2-13H,1H3,(H,25,26,28). The number of aryl methyl sites for hydroxylation is 1. The minimum atomic E-state index is -0.446. The van der Waals surface area contributed by atoms with E-state index in [2.05, 4.69) is 10.3 Å². The molecule has 0 aliphatic rings. The first kappa shape index (κ1) is 20.7. The van der Waals surface area contributed by atoms with Gasteiger partial charge in [0.2, 0.25) is 0 Å². The zero-order valence-electron chi connectivity index (χ0n) is 16.3. The number of hydrogen-bond donors (Lipinski definition) is 1. The molecule has 31 heavy (non-hydrogen) atoms. The number of halogens is 1. The van der Waals surface area contributed by atoms with Crippen LogP contribution >= 0.6 is 22.9 Å². The molecule has 4 rings (SSSR count). The molecule has 0 bridgehead atoms. The molecule has 1 N–H and O–H groups in total. The number of rotatable bonds is 5. The third-order valence-corrected chi connectivity index (χ3v) is 5.89. The van der Waals surface area contributed by atoms with Crippen LogP contribution in [-0.2, 0) is 0 Å². The number of nitro benzene ring substituents is 1. The molecule has 154 valence electrons. The third-order valence-electron chi connectivity index (χ3n) is 4.62. The Morgan fingerprint density at radius 3 is 2.19 bits per heavy atom. The molecule has 1 aromatic heterocycles. The molecule has 0 fully saturated rings. The van der Waals surface area contributed by atoms with Gasteiger partial charge in [-0.05, 0) is 48.9 Å². The van der Waals surface area contributed by atoms with Crippen molar-refractivity contribution in [3.05, 3.63) is 99.1 Å². The van der Waals surface area contributed by atoms with Gasteiger partial charge in [0, 0.05) is 28.3 Å². The maximum Gasteiger partial charge on any atom is 0.269 e. The predicted molar refractivity (Wildman–Crippen MR) is 124 cm³/mol. The number of nitrogens with one attached hydrogen (secondary N) is 1. The second-order valence-corrected chi connectivity index (χ2v) is 8.26. The topological polar surface area (TPSA) is 85.1 Å². The summed E-state index contributed by atoms with van der Waals surface area (Å²) in [5.41, 5.74) is 3.82. The molecular formula is C23H16ClN3O3S. The van der Waals surface area contributed by atoms with Gasteiger partial charge in [0.25, 0.3) is 11.6 Å². The van der Waals surface area contributed by atoms with E-state index in [9.17, 15) is 14.9 Å². The summed E-state index contributed by atoms with van der Waals surface area (Å²) in [6.07, 6.45) is 0. The van der Waals surface area contributed by atoms with Crippen molar-refractivity contribution < 1.29 is 9.72 Å². The number of hydrogen-bond acceptors (Lipinski definition) is 5. The van der Waals surface area contributed by atoms with E-state index in [-0.39, 0.29) is 11.6 Å². The average molecular weight is 450 g/mol. The Labute approximate surface area is 187 Å². The van der Waals surface area contributed by atoms with Crippen molar-refractivity contribution in [3.63, 3.8) is 0 Å². The highest BCUT2D eigenvalue weighted by Crippen LogP contribution is 2.40. The molecule has 1 amide bonds. The molecule has 3 aromatic carbocycles. The van der Waals surface area contributed by atoms with Crippen LogP contribution in [-0.4, -0.2) is 15.8 Å². The average Bonchev–Trinajstić information content (AvgIpc) is 3.18. The molecular weight excluding hydrogens is 434 g/mol. The first-order chi connectivity index (χ1) is 14.9. The molecule has 0 spiro atoms. The SMILES string of the molecule is Cc1ccc(C(=O)Nc2nc(-c3ccc([N+](=O)[O-])cc3)c(-c3ccc(Cl)cc3)s2)cc1. The third kappa shape index (κ3) is 4.63. The molecule has 1 heterocycles. The number of anilines is 1. The predicted octanol–water partition coefficient (Wildman–Crippen LogP) is 6.60. The van der Waals surface area contributed by atoms with Crippen LogP contribution in [0, 0.1) is 17.0 Å². The summed E-state index contributed by atoms with van der Waals surface area (Å²) in [7, 11) is 0. The molecule has 8 heteroatoms. The Morgan fingerprint density at radius 1 is 0.968 bits per heavy atom. The lowest BCUT2D eigenvalue weighted by molar-refractivity contribution is -0.384. The van der Waals surface area contributed by atoms with Gasteiger partial charge in [-0.15, -0.1) is 0 Å². The molecule has 6 nitrogen and oxygen atoms in total. The Morgan fingerprint density at radius 2 is 1.58 bits per heavy atom. The summed E-state index contributed by atoms with van der Waals surface area (Å²) in [5.74, 6) is -0.258. The van der Waals surface area contributed by atoms with Crippen molar-refractivity contribution in [1.29, 1.82) is 0 Å². The summed E-state index contributed by atoms with van der Waals surface area (Å²) >= 11 is 7.35. The minimum absolute atomic E-state index is 0.0000742. The number of carbonyl (C=O) groups excluding carboxylic acids is 1. The van der Waals surface area contributed by atoms with Gasteiger partial charge < -0.3 is 0 Å². The van der Waals surface area contributed by atoms with E-state index in [1.54, 1.807) is 36.4 Å². The quantitative estimate of drug-likeness (QED) is 0.274. The van der Waals surface area contributed by atoms with Crippen molar-refractivity contribution >= 4 is 39.7 Å². The van der Waals surface area contributed by atoms with Crippen molar-refractivity contribution in [3.8, 4) is 21.7 Å². The first-order valence-electron chi connectivity index (χ1n) is 9.30. The smallest absolute Gasteiger partial charge is 0.269 e. The summed E-state index contributed by atoms with van der Waals surface area (Å²) < 4.78 is 0. The summed E-state index contributed by atoms with van der Waals surface area (Å²) in [4.78, 5) is 28.6. The molecule has 4 aromatic rings. The van der Waals surface area contributed by atoms with Crippen LogP contribution < -0.4 is 5.32 Å². The maximum atomic E-state index is 12.6. The van der Waals surface area contributed by atoms with Crippen LogP contribution in [0.4, 0.5) is 10.8 Å². The van der Waals surface area contributed by atoms with Gasteiger partial charge in [0.05, 0.1) is 15.5 Å². The molecule has 0 saturated carbocycles. The van der Waals surface area contributed by atoms with Gasteiger partial charge in [-0.2, -0.15) is 0 Å². The molecule has 0 unspecified atom stereocenters. The summed E-state index contributed by atoms with van der Waals surface area (Å²) in [5, 5.41) is 14.9. The fraction of sp³-hybridized carbons (Fsp3) is 0.0435. The van der Waals surface area contributed by atoms with Gasteiger partial charge in [-0.1, -0.05) is 52.8 Å². The highest BCUT2D eigenvalue weighted by Gasteiger charge is 2.18. The number of aromatic nitrogens is 1. The summed E-state index contributed by atoms with van der Waals surface area (Å²) in [6.45, 7) is 1.96. The first-order valence-corrected chi connectivity index (χ1v) is 10.5. The van der Waals surface area contributed by atoms with E-state index in [4.69, 9.17) is 11.6 Å². The van der Waals surface area contributed by atoms with Crippen LogP contribution in [0.2, 0.25) is 5.02 Å². The number of thiazole rings is 1. The molecule has 0 aliphatic heterocycles. The van der Waals surface area contributed by atoms with Crippen LogP contribution in [0.15, 0.2) is 72.8 Å². The van der Waals surface area contributed by atoms with E-state index in [0.717, 1.165) is 16.0 Å². The van der Waals surface area contributed by atoms with Crippen LogP contribution in [0.25, 0.3) is 21.7 Å². The number of benzene rings is 3. The number of carbonyl (C=O) groups is 1. The number of nitrogens with zero attached hydrogens (tertiary/aromatic N) is 2. The molecule has 0 atom stereocenters. The van der Waals surface area contributed by atoms with Gasteiger partial charge in [-0.25, -0.2) is 4.98 Å². The normalized spacial score (nSPS) is 10.6. The fourth-order valence-corrected chi connectivity index (χ4v) is 4.10. The molecule has 0 saturated heterocycles. The Bertz CT molecular complexity index is 1250. The Kier molecular flexibility index (Phi) is 5.79. The van der Waals surface area contributed by atoms with E-state index in [1.807, 2.05) is 31.2 Å². The van der Waals surface area contributed by atoms with Crippen LogP contribution in [0.5, 0.6) is 0 Å². The Balaban J connectivity index is 1.72. The highest BCUT2D eigenvalue weighted by atomic mass is 35.5. The van der Waals surface area contributed by atoms with Gasteiger partial charge >= 0.3 is 0 Å². The van der Waals surface area contributed by atoms with Gasteiger partial charge in [-0.3, -0.25) is 20.2 Å². The van der Waals surface area contributed by atoms with E-state index < -0.39 is 4.92 Å². The van der Waals surface area contributed by atoms with Crippen molar-refractivity contribution in [2.45, 2.75) is 6.92 Å². The van der Waals surface area contributed by atoms with Crippen molar-refractivity contribution in [1.82, 2.24) is 4.98 Å². The fourth-order valence-electron chi connectivity index (χ4n) is 2.98. The van der Waals surface area contributed by atoms with E-state index in [1.165, 1.54) is 23.5 Å². The van der Waals surface area contributed by atoms with Crippen molar-refractivity contribution in [2.75, 3.05) is 5.32 Å². The Hall–Kier alpha value is -3.55. The lowest BCUT2D eigenvalue weighted by Gasteiger charge is -2.03.